The Kier molecular flexibility index (Phi) is 5.45. The highest BCUT2D eigenvalue weighted by atomic mass is 127. The molecular formula is C18H15BrIN3O. The fourth-order valence-electron chi connectivity index (χ4n) is 2.37. The van der Waals surface area contributed by atoms with E-state index < -0.39 is 0 Å². The molecule has 0 atom stereocenters. The minimum atomic E-state index is -0.147. The van der Waals surface area contributed by atoms with Crippen LogP contribution in [0.5, 0.6) is 0 Å². The van der Waals surface area contributed by atoms with Crippen LogP contribution in [0.15, 0.2) is 56.8 Å². The molecule has 1 heterocycles. The highest BCUT2D eigenvalue weighted by Crippen LogP contribution is 2.16. The third-order valence-electron chi connectivity index (χ3n) is 3.54. The van der Waals surface area contributed by atoms with Crippen molar-refractivity contribution in [2.75, 3.05) is 0 Å². The smallest absolute Gasteiger partial charge is 0.267 e. The topological polar surface area (TPSA) is 47.2 Å². The number of aryl methyl sites for hydroxylation is 1. The minimum absolute atomic E-state index is 0.147. The number of halogens is 2. The first-order valence-electron chi connectivity index (χ1n) is 7.59. The van der Waals surface area contributed by atoms with E-state index in [-0.39, 0.29) is 5.56 Å². The summed E-state index contributed by atoms with van der Waals surface area (Å²) in [5.41, 5.74) is 1.50. The van der Waals surface area contributed by atoms with Crippen molar-refractivity contribution < 1.29 is 0 Å². The maximum atomic E-state index is 12.8. The summed E-state index contributed by atoms with van der Waals surface area (Å²) >= 11 is 5.66. The molecule has 0 saturated heterocycles. The summed E-state index contributed by atoms with van der Waals surface area (Å²) in [5.74, 6) is 0.680. The van der Waals surface area contributed by atoms with Crippen LogP contribution in [-0.4, -0.2) is 15.9 Å². The summed E-state index contributed by atoms with van der Waals surface area (Å²) in [6.45, 7) is 2.06. The van der Waals surface area contributed by atoms with E-state index in [1.54, 1.807) is 12.3 Å². The first-order chi connectivity index (χ1) is 11.6. The second-order valence-electron chi connectivity index (χ2n) is 5.35. The van der Waals surface area contributed by atoms with Gasteiger partial charge < -0.3 is 0 Å². The fraction of sp³-hybridized carbons (Fsp3) is 0.167. The molecule has 0 N–H and O–H groups in total. The van der Waals surface area contributed by atoms with Crippen LogP contribution in [0.3, 0.4) is 0 Å². The van der Waals surface area contributed by atoms with Gasteiger partial charge in [-0.3, -0.25) is 4.79 Å². The average Bonchev–Trinajstić information content (AvgIpc) is 2.57. The van der Waals surface area contributed by atoms with Crippen molar-refractivity contribution in [2.24, 2.45) is 5.10 Å². The third-order valence-corrected chi connectivity index (χ3v) is 4.75. The molecule has 3 rings (SSSR count). The maximum absolute atomic E-state index is 12.8. The van der Waals surface area contributed by atoms with Crippen LogP contribution in [0.1, 0.15) is 24.7 Å². The van der Waals surface area contributed by atoms with Crippen molar-refractivity contribution in [1.29, 1.82) is 0 Å². The van der Waals surface area contributed by atoms with Gasteiger partial charge in [0.15, 0.2) is 0 Å². The molecule has 0 unspecified atom stereocenters. The molecule has 1 aromatic heterocycles. The normalized spacial score (nSPS) is 11.5. The van der Waals surface area contributed by atoms with E-state index in [1.807, 2.05) is 36.4 Å². The lowest BCUT2D eigenvalue weighted by Crippen LogP contribution is -2.22. The molecule has 0 fully saturated rings. The largest absolute Gasteiger partial charge is 0.282 e. The van der Waals surface area contributed by atoms with E-state index in [9.17, 15) is 4.79 Å². The predicted octanol–water partition coefficient (Wildman–Crippen LogP) is 4.60. The number of nitrogens with zero attached hydrogens (tertiary/aromatic N) is 3. The lowest BCUT2D eigenvalue weighted by atomic mass is 10.2. The van der Waals surface area contributed by atoms with E-state index >= 15 is 0 Å². The second-order valence-corrected chi connectivity index (χ2v) is 7.51. The molecule has 4 nitrogen and oxygen atoms in total. The Hall–Kier alpha value is -1.54. The molecule has 122 valence electrons. The second kappa shape index (κ2) is 7.57. The fourth-order valence-corrected chi connectivity index (χ4v) is 3.09. The quantitative estimate of drug-likeness (QED) is 0.392. The molecule has 0 radical (unpaired) electrons. The Bertz CT molecular complexity index is 964. The number of hydrogen-bond donors (Lipinski definition) is 0. The highest BCUT2D eigenvalue weighted by Gasteiger charge is 2.10. The Morgan fingerprint density at radius 2 is 2.00 bits per heavy atom. The average molecular weight is 496 g/mol. The number of fused-ring (bicyclic) bond motifs is 1. The maximum Gasteiger partial charge on any atom is 0.282 e. The van der Waals surface area contributed by atoms with Gasteiger partial charge in [-0.05, 0) is 64.9 Å². The van der Waals surface area contributed by atoms with Gasteiger partial charge in [0.25, 0.3) is 5.56 Å². The molecule has 0 spiro atoms. The Labute approximate surface area is 161 Å². The van der Waals surface area contributed by atoms with Crippen molar-refractivity contribution in [1.82, 2.24) is 9.66 Å². The number of benzene rings is 2. The van der Waals surface area contributed by atoms with Crippen molar-refractivity contribution in [3.63, 3.8) is 0 Å². The highest BCUT2D eigenvalue weighted by molar-refractivity contribution is 14.1. The summed E-state index contributed by atoms with van der Waals surface area (Å²) < 4.78 is 3.42. The zero-order valence-corrected chi connectivity index (χ0v) is 16.8. The number of hydrogen-bond acceptors (Lipinski definition) is 3. The van der Waals surface area contributed by atoms with Gasteiger partial charge in [-0.25, -0.2) is 4.98 Å². The zero-order chi connectivity index (χ0) is 17.1. The van der Waals surface area contributed by atoms with Crippen molar-refractivity contribution in [2.45, 2.75) is 19.8 Å². The molecule has 3 aromatic rings. The lowest BCUT2D eigenvalue weighted by Gasteiger charge is -2.08. The first kappa shape index (κ1) is 17.3. The molecule has 0 aliphatic rings. The summed E-state index contributed by atoms with van der Waals surface area (Å²) in [6.07, 6.45) is 3.29. The van der Waals surface area contributed by atoms with Gasteiger partial charge in [0, 0.05) is 14.5 Å². The molecule has 6 heteroatoms. The molecule has 2 aromatic carbocycles. The van der Waals surface area contributed by atoms with Crippen LogP contribution in [0.2, 0.25) is 0 Å². The molecule has 0 aliphatic carbocycles. The molecule has 0 amide bonds. The summed E-state index contributed by atoms with van der Waals surface area (Å²) in [4.78, 5) is 17.5. The Morgan fingerprint density at radius 3 is 2.71 bits per heavy atom. The number of aromatic nitrogens is 2. The van der Waals surface area contributed by atoms with Crippen LogP contribution in [-0.2, 0) is 6.42 Å². The first-order valence-corrected chi connectivity index (χ1v) is 9.47. The monoisotopic (exact) mass is 495 g/mol. The van der Waals surface area contributed by atoms with E-state index in [4.69, 9.17) is 0 Å². The van der Waals surface area contributed by atoms with E-state index in [0.29, 0.717) is 23.1 Å². The van der Waals surface area contributed by atoms with Crippen molar-refractivity contribution in [3.8, 4) is 0 Å². The van der Waals surface area contributed by atoms with Gasteiger partial charge in [-0.2, -0.15) is 9.78 Å². The van der Waals surface area contributed by atoms with Crippen LogP contribution in [0.25, 0.3) is 10.9 Å². The third kappa shape index (κ3) is 3.75. The summed E-state index contributed by atoms with van der Waals surface area (Å²) in [6, 6.07) is 13.5. The van der Waals surface area contributed by atoms with E-state index in [2.05, 4.69) is 55.5 Å². The van der Waals surface area contributed by atoms with E-state index in [1.165, 1.54) is 4.68 Å². The molecule has 0 aliphatic heterocycles. The Balaban J connectivity index is 2.13. The molecule has 0 bridgehead atoms. The van der Waals surface area contributed by atoms with Crippen LogP contribution >= 0.6 is 38.5 Å². The van der Waals surface area contributed by atoms with Crippen LogP contribution in [0.4, 0.5) is 0 Å². The summed E-state index contributed by atoms with van der Waals surface area (Å²) in [5, 5.41) is 4.96. The molecule has 24 heavy (non-hydrogen) atoms. The van der Waals surface area contributed by atoms with Gasteiger partial charge in [0.05, 0.1) is 17.1 Å². The van der Waals surface area contributed by atoms with E-state index in [0.717, 1.165) is 20.0 Å². The van der Waals surface area contributed by atoms with Gasteiger partial charge in [-0.1, -0.05) is 35.0 Å². The zero-order valence-electron chi connectivity index (χ0n) is 13.0. The SMILES string of the molecule is CCCc1nc2ccc(Br)cc2c(=O)n1N=Cc1ccc(I)cc1. The Morgan fingerprint density at radius 1 is 1.25 bits per heavy atom. The van der Waals surface area contributed by atoms with Crippen molar-refractivity contribution in [3.05, 3.63) is 72.2 Å². The van der Waals surface area contributed by atoms with Gasteiger partial charge in [0.1, 0.15) is 5.82 Å². The van der Waals surface area contributed by atoms with Gasteiger partial charge in [0.2, 0.25) is 0 Å². The predicted molar refractivity (Wildman–Crippen MR) is 110 cm³/mol. The summed E-state index contributed by atoms with van der Waals surface area (Å²) in [7, 11) is 0. The standard InChI is InChI=1S/C18H15BrIN3O/c1-2-3-17-22-16-9-6-13(19)10-15(16)18(24)23(17)21-11-12-4-7-14(20)8-5-12/h4-11H,2-3H2,1H3. The van der Waals surface area contributed by atoms with Crippen LogP contribution < -0.4 is 5.56 Å². The number of rotatable bonds is 4. The van der Waals surface area contributed by atoms with Crippen molar-refractivity contribution >= 4 is 55.6 Å². The van der Waals surface area contributed by atoms with Gasteiger partial charge in [-0.15, -0.1) is 0 Å². The minimum Gasteiger partial charge on any atom is -0.267 e. The molecular weight excluding hydrogens is 481 g/mol. The van der Waals surface area contributed by atoms with Crippen LogP contribution in [0, 0.1) is 3.57 Å². The lowest BCUT2D eigenvalue weighted by molar-refractivity contribution is 0.704. The molecule has 0 saturated carbocycles. The van der Waals surface area contributed by atoms with Gasteiger partial charge >= 0.3 is 0 Å².